The molecule has 0 unspecified atom stereocenters. The topological polar surface area (TPSA) is 92.7 Å². The fraction of sp³-hybridized carbons (Fsp3) is 0.156. The van der Waals surface area contributed by atoms with Crippen molar-refractivity contribution in [3.63, 3.8) is 0 Å². The van der Waals surface area contributed by atoms with Crippen LogP contribution in [0, 0.1) is 0 Å². The van der Waals surface area contributed by atoms with Gasteiger partial charge >= 0.3 is 5.97 Å². The number of hydrogen-bond donors (Lipinski definition) is 0. The molecule has 1 heterocycles. The highest BCUT2D eigenvalue weighted by atomic mass is 16.5. The summed E-state index contributed by atoms with van der Waals surface area (Å²) in [4.78, 5) is 52.5. The highest BCUT2D eigenvalue weighted by molar-refractivity contribution is 6.16. The van der Waals surface area contributed by atoms with Crippen molar-refractivity contribution in [1.29, 1.82) is 0 Å². The first-order valence-corrected chi connectivity index (χ1v) is 12.9. The van der Waals surface area contributed by atoms with Gasteiger partial charge in [-0.25, -0.2) is 9.78 Å². The molecule has 5 aromatic rings. The Labute approximate surface area is 231 Å². The summed E-state index contributed by atoms with van der Waals surface area (Å²) in [6.07, 6.45) is 4.29. The van der Waals surface area contributed by atoms with Gasteiger partial charge in [-0.1, -0.05) is 72.8 Å². The number of rotatable bonds is 7. The second-order valence-electron chi connectivity index (χ2n) is 9.35. The lowest BCUT2D eigenvalue weighted by Crippen LogP contribution is -2.54. The fourth-order valence-corrected chi connectivity index (χ4v) is 4.97. The maximum Gasteiger partial charge on any atom is 0.328 e. The highest BCUT2D eigenvalue weighted by Gasteiger charge is 2.37. The number of hydrogen-bond acceptors (Lipinski definition) is 6. The van der Waals surface area contributed by atoms with Gasteiger partial charge in [-0.2, -0.15) is 0 Å². The van der Waals surface area contributed by atoms with Gasteiger partial charge in [0, 0.05) is 23.2 Å². The van der Waals surface area contributed by atoms with Crippen LogP contribution in [0.2, 0.25) is 0 Å². The van der Waals surface area contributed by atoms with Crippen molar-refractivity contribution in [1.82, 2.24) is 9.97 Å². The predicted octanol–water partition coefficient (Wildman–Crippen LogP) is 5.41. The van der Waals surface area contributed by atoms with Gasteiger partial charge in [0.25, 0.3) is 11.8 Å². The molecule has 0 aliphatic heterocycles. The van der Waals surface area contributed by atoms with Crippen LogP contribution < -0.4 is 9.80 Å². The third-order valence-electron chi connectivity index (χ3n) is 6.97. The van der Waals surface area contributed by atoms with Crippen LogP contribution in [0.3, 0.4) is 0 Å². The quantitative estimate of drug-likeness (QED) is 0.260. The average molecular weight is 533 g/mol. The van der Waals surface area contributed by atoms with Crippen molar-refractivity contribution in [2.24, 2.45) is 0 Å². The van der Waals surface area contributed by atoms with E-state index in [1.165, 1.54) is 35.5 Å². The molecule has 200 valence electrons. The van der Waals surface area contributed by atoms with Crippen LogP contribution in [-0.2, 0) is 14.3 Å². The van der Waals surface area contributed by atoms with E-state index in [9.17, 15) is 14.4 Å². The van der Waals surface area contributed by atoms with Gasteiger partial charge < -0.3 is 4.74 Å². The standard InChI is InChI=1S/C32H28N4O4/c1-21(30(37)36(22(2)32(39)40-3)29-17-9-13-24-11-5-7-15-26(24)29)35(31(38)27-20-33-18-19-34-27)28-16-8-12-23-10-4-6-14-25(23)28/h4-22H,1-3H3/t21-,22-/m0/s1. The van der Waals surface area contributed by atoms with E-state index in [1.54, 1.807) is 26.0 Å². The van der Waals surface area contributed by atoms with E-state index >= 15 is 0 Å². The van der Waals surface area contributed by atoms with E-state index in [2.05, 4.69) is 9.97 Å². The minimum atomic E-state index is -1.04. The SMILES string of the molecule is COC(=O)[C@H](C)N(C(=O)[C@H](C)N(C(=O)c1cnccn1)c1cccc2ccccc12)c1cccc2ccccc12. The molecule has 8 nitrogen and oxygen atoms in total. The van der Waals surface area contributed by atoms with Crippen LogP contribution in [0.1, 0.15) is 24.3 Å². The van der Waals surface area contributed by atoms with Crippen molar-refractivity contribution in [2.45, 2.75) is 25.9 Å². The van der Waals surface area contributed by atoms with Gasteiger partial charge in [0.1, 0.15) is 17.8 Å². The van der Waals surface area contributed by atoms with E-state index in [-0.39, 0.29) is 5.69 Å². The van der Waals surface area contributed by atoms with Gasteiger partial charge in [0.15, 0.2) is 0 Å². The number of ether oxygens (including phenoxy) is 1. The molecule has 0 N–H and O–H groups in total. The molecule has 0 bridgehead atoms. The van der Waals surface area contributed by atoms with Crippen LogP contribution in [0.15, 0.2) is 104 Å². The van der Waals surface area contributed by atoms with E-state index in [4.69, 9.17) is 4.74 Å². The first-order chi connectivity index (χ1) is 19.4. The number of anilines is 2. The first kappa shape index (κ1) is 26.5. The van der Waals surface area contributed by atoms with Gasteiger partial charge in [0.2, 0.25) is 0 Å². The maximum absolute atomic E-state index is 14.5. The number of benzene rings is 4. The lowest BCUT2D eigenvalue weighted by atomic mass is 10.0. The molecule has 40 heavy (non-hydrogen) atoms. The molecule has 2 atom stereocenters. The van der Waals surface area contributed by atoms with Crippen LogP contribution >= 0.6 is 0 Å². The number of carbonyl (C=O) groups is 3. The molecule has 5 rings (SSSR count). The van der Waals surface area contributed by atoms with Gasteiger partial charge in [-0.15, -0.1) is 0 Å². The first-order valence-electron chi connectivity index (χ1n) is 12.9. The molecule has 0 saturated heterocycles. The summed E-state index contributed by atoms with van der Waals surface area (Å²) >= 11 is 0. The van der Waals surface area contributed by atoms with Crippen molar-refractivity contribution in [2.75, 3.05) is 16.9 Å². The van der Waals surface area contributed by atoms with E-state index in [1.807, 2.05) is 72.8 Å². The van der Waals surface area contributed by atoms with E-state index in [0.29, 0.717) is 11.4 Å². The molecule has 0 aliphatic rings. The third-order valence-corrected chi connectivity index (χ3v) is 6.97. The number of carbonyl (C=O) groups excluding carboxylic acids is 3. The van der Waals surface area contributed by atoms with Crippen LogP contribution in [-0.4, -0.2) is 46.9 Å². The Hall–Kier alpha value is -5.11. The molecule has 0 spiro atoms. The zero-order chi connectivity index (χ0) is 28.2. The Morgan fingerprint density at radius 2 is 1.25 bits per heavy atom. The molecule has 1 aromatic heterocycles. The van der Waals surface area contributed by atoms with Crippen molar-refractivity contribution in [3.05, 3.63) is 109 Å². The van der Waals surface area contributed by atoms with Crippen molar-refractivity contribution < 1.29 is 19.1 Å². The number of amides is 2. The summed E-state index contributed by atoms with van der Waals surface area (Å²) in [5.41, 5.74) is 1.17. The third kappa shape index (κ3) is 4.87. The molecular weight excluding hydrogens is 504 g/mol. The summed E-state index contributed by atoms with van der Waals surface area (Å²) in [6.45, 7) is 3.27. The fourth-order valence-electron chi connectivity index (χ4n) is 4.97. The zero-order valence-electron chi connectivity index (χ0n) is 22.4. The Morgan fingerprint density at radius 3 is 1.80 bits per heavy atom. The Balaban J connectivity index is 1.68. The smallest absolute Gasteiger partial charge is 0.328 e. The number of fused-ring (bicyclic) bond motifs is 2. The lowest BCUT2D eigenvalue weighted by molar-refractivity contribution is -0.143. The maximum atomic E-state index is 14.5. The van der Waals surface area contributed by atoms with Crippen molar-refractivity contribution in [3.8, 4) is 0 Å². The Morgan fingerprint density at radius 1 is 0.700 bits per heavy atom. The molecular formula is C32H28N4O4. The summed E-state index contributed by atoms with van der Waals surface area (Å²) in [5, 5.41) is 3.40. The van der Waals surface area contributed by atoms with E-state index in [0.717, 1.165) is 21.5 Å². The van der Waals surface area contributed by atoms with Gasteiger partial charge in [0.05, 0.1) is 24.7 Å². The molecule has 0 fully saturated rings. The largest absolute Gasteiger partial charge is 0.467 e. The Kier molecular flexibility index (Phi) is 7.50. The Bertz CT molecular complexity index is 1700. The van der Waals surface area contributed by atoms with Crippen molar-refractivity contribution >= 4 is 50.7 Å². The average Bonchev–Trinajstić information content (AvgIpc) is 3.01. The predicted molar refractivity (Wildman–Crippen MR) is 155 cm³/mol. The summed E-state index contributed by atoms with van der Waals surface area (Å²) in [6, 6.07) is 24.4. The number of esters is 1. The second kappa shape index (κ2) is 11.3. The zero-order valence-corrected chi connectivity index (χ0v) is 22.4. The van der Waals surface area contributed by atoms with Gasteiger partial charge in [-0.05, 0) is 36.8 Å². The number of nitrogens with zero attached hydrogens (tertiary/aromatic N) is 4. The van der Waals surface area contributed by atoms with E-state index < -0.39 is 29.9 Å². The highest BCUT2D eigenvalue weighted by Crippen LogP contribution is 2.33. The monoisotopic (exact) mass is 532 g/mol. The lowest BCUT2D eigenvalue weighted by Gasteiger charge is -2.35. The molecule has 8 heteroatoms. The molecule has 0 radical (unpaired) electrons. The normalized spacial score (nSPS) is 12.5. The summed E-state index contributed by atoms with van der Waals surface area (Å²) in [7, 11) is 1.29. The number of methoxy groups -OCH3 is 1. The second-order valence-corrected chi connectivity index (χ2v) is 9.35. The molecule has 0 saturated carbocycles. The number of aromatic nitrogens is 2. The van der Waals surface area contributed by atoms with Gasteiger partial charge in [-0.3, -0.25) is 24.4 Å². The minimum absolute atomic E-state index is 0.0906. The molecule has 2 amide bonds. The van der Waals surface area contributed by atoms with Crippen LogP contribution in [0.25, 0.3) is 21.5 Å². The molecule has 4 aromatic carbocycles. The summed E-state index contributed by atoms with van der Waals surface area (Å²) in [5.74, 6) is -1.53. The minimum Gasteiger partial charge on any atom is -0.467 e. The van der Waals surface area contributed by atoms with Crippen LogP contribution in [0.5, 0.6) is 0 Å². The molecule has 0 aliphatic carbocycles. The summed E-state index contributed by atoms with van der Waals surface area (Å²) < 4.78 is 5.04. The van der Waals surface area contributed by atoms with Crippen LogP contribution in [0.4, 0.5) is 11.4 Å².